The van der Waals surface area contributed by atoms with E-state index in [1.165, 1.54) is 13.2 Å². The number of carbonyl (C=O) groups excluding carboxylic acids is 2. The van der Waals surface area contributed by atoms with E-state index in [4.69, 9.17) is 18.9 Å². The van der Waals surface area contributed by atoms with E-state index >= 15 is 0 Å². The molecule has 190 valence electrons. The van der Waals surface area contributed by atoms with Gasteiger partial charge in [0.25, 0.3) is 5.91 Å². The molecule has 0 unspecified atom stereocenters. The zero-order valence-corrected chi connectivity index (χ0v) is 21.9. The Morgan fingerprint density at radius 3 is 2.41 bits per heavy atom. The highest BCUT2D eigenvalue weighted by molar-refractivity contribution is 9.10. The summed E-state index contributed by atoms with van der Waals surface area (Å²) in [5.41, 5.74) is 1.95. The lowest BCUT2D eigenvalue weighted by atomic mass is 10.1. The van der Waals surface area contributed by atoms with Crippen molar-refractivity contribution < 1.29 is 28.5 Å². The molecule has 0 saturated carbocycles. The smallest absolute Gasteiger partial charge is 0.344 e. The van der Waals surface area contributed by atoms with Crippen molar-refractivity contribution >= 4 is 39.6 Å². The van der Waals surface area contributed by atoms with Crippen LogP contribution in [-0.2, 0) is 20.9 Å². The number of benzene rings is 3. The van der Waals surface area contributed by atoms with Crippen LogP contribution in [0.4, 0.5) is 5.69 Å². The van der Waals surface area contributed by atoms with Crippen LogP contribution in [0.3, 0.4) is 0 Å². The van der Waals surface area contributed by atoms with Crippen molar-refractivity contribution in [2.75, 3.05) is 25.6 Å². The molecule has 0 heterocycles. The van der Waals surface area contributed by atoms with Gasteiger partial charge in [-0.3, -0.25) is 4.79 Å². The van der Waals surface area contributed by atoms with Crippen LogP contribution < -0.4 is 19.5 Å². The van der Waals surface area contributed by atoms with Gasteiger partial charge in [0.1, 0.15) is 24.0 Å². The number of amides is 1. The van der Waals surface area contributed by atoms with E-state index in [-0.39, 0.29) is 18.8 Å². The number of carbonyl (C=O) groups is 2. The Morgan fingerprint density at radius 1 is 1.03 bits per heavy atom. The van der Waals surface area contributed by atoms with Gasteiger partial charge in [-0.1, -0.05) is 46.3 Å². The first-order valence-electron chi connectivity index (χ1n) is 11.3. The maximum atomic E-state index is 12.8. The van der Waals surface area contributed by atoms with E-state index < -0.39 is 11.9 Å². The normalized spacial score (nSPS) is 10.7. The number of nitrogens with zero attached hydrogens (tertiary/aromatic N) is 1. The van der Waals surface area contributed by atoms with Crippen LogP contribution in [-0.4, -0.2) is 32.2 Å². The summed E-state index contributed by atoms with van der Waals surface area (Å²) in [6.07, 6.45) is 1.43. The summed E-state index contributed by atoms with van der Waals surface area (Å²) in [5, 5.41) is 12.3. The minimum absolute atomic E-state index is 0.118. The second-order valence-corrected chi connectivity index (χ2v) is 8.40. The number of methoxy groups -OCH3 is 1. The molecule has 3 rings (SSSR count). The molecule has 0 aromatic heterocycles. The van der Waals surface area contributed by atoms with Crippen molar-refractivity contribution in [2.24, 2.45) is 0 Å². The van der Waals surface area contributed by atoms with E-state index in [1.807, 2.05) is 36.4 Å². The van der Waals surface area contributed by atoms with Gasteiger partial charge < -0.3 is 24.3 Å². The summed E-state index contributed by atoms with van der Waals surface area (Å²) in [6.45, 7) is 2.10. The van der Waals surface area contributed by atoms with E-state index in [0.29, 0.717) is 39.6 Å². The molecule has 0 spiro atoms. The number of ether oxygens (including phenoxy) is 4. The molecule has 0 atom stereocenters. The van der Waals surface area contributed by atoms with E-state index in [2.05, 4.69) is 21.2 Å². The summed E-state index contributed by atoms with van der Waals surface area (Å²) in [4.78, 5) is 24.4. The third-order valence-corrected chi connectivity index (χ3v) is 5.65. The fourth-order valence-corrected chi connectivity index (χ4v) is 3.59. The number of anilines is 1. The Labute approximate surface area is 223 Å². The summed E-state index contributed by atoms with van der Waals surface area (Å²) >= 11 is 3.41. The lowest BCUT2D eigenvalue weighted by Crippen LogP contribution is -2.15. The number of nitrogens with one attached hydrogen (secondary N) is 1. The molecule has 0 aliphatic rings. The second-order valence-electron chi connectivity index (χ2n) is 7.54. The molecular formula is C28H25BrN2O6. The van der Waals surface area contributed by atoms with Crippen LogP contribution in [0.1, 0.15) is 18.1 Å². The number of halogens is 1. The summed E-state index contributed by atoms with van der Waals surface area (Å²) < 4.78 is 22.0. The standard InChI is InChI=1S/C28H25BrN2O6/c1-3-35-27(32)18-37-26-15-24(29)20(14-25(26)34-2)13-21(16-30)28(33)31-22-9-11-23(12-10-22)36-17-19-7-5-4-6-8-19/h4-15H,3,17-18H2,1-2H3,(H,31,33)/b21-13+. The van der Waals surface area contributed by atoms with Gasteiger partial charge >= 0.3 is 5.97 Å². The Morgan fingerprint density at radius 2 is 1.76 bits per heavy atom. The summed E-state index contributed by atoms with van der Waals surface area (Å²) in [6, 6.07) is 21.8. The molecule has 3 aromatic rings. The fourth-order valence-electron chi connectivity index (χ4n) is 3.15. The Balaban J connectivity index is 1.68. The van der Waals surface area contributed by atoms with Crippen LogP contribution >= 0.6 is 15.9 Å². The molecule has 0 saturated heterocycles. The highest BCUT2D eigenvalue weighted by Gasteiger charge is 2.15. The Hall–Kier alpha value is -4.29. The van der Waals surface area contributed by atoms with Crippen molar-refractivity contribution in [1.29, 1.82) is 5.26 Å². The van der Waals surface area contributed by atoms with Gasteiger partial charge in [-0.15, -0.1) is 0 Å². The van der Waals surface area contributed by atoms with Crippen molar-refractivity contribution in [3.05, 3.63) is 87.9 Å². The molecule has 1 amide bonds. The first-order valence-corrected chi connectivity index (χ1v) is 12.1. The average Bonchev–Trinajstić information content (AvgIpc) is 2.91. The second kappa shape index (κ2) is 13.7. The molecular weight excluding hydrogens is 540 g/mol. The van der Waals surface area contributed by atoms with Gasteiger partial charge in [0, 0.05) is 10.2 Å². The van der Waals surface area contributed by atoms with Gasteiger partial charge in [-0.2, -0.15) is 5.26 Å². The topological polar surface area (TPSA) is 107 Å². The number of nitriles is 1. The molecule has 0 fully saturated rings. The lowest BCUT2D eigenvalue weighted by molar-refractivity contribution is -0.145. The third kappa shape index (κ3) is 8.12. The van der Waals surface area contributed by atoms with Crippen molar-refractivity contribution in [3.63, 3.8) is 0 Å². The number of esters is 1. The third-order valence-electron chi connectivity index (χ3n) is 4.96. The van der Waals surface area contributed by atoms with E-state index in [1.54, 1.807) is 43.3 Å². The predicted octanol–water partition coefficient (Wildman–Crippen LogP) is 5.52. The zero-order valence-electron chi connectivity index (χ0n) is 20.3. The molecule has 0 aliphatic carbocycles. The number of hydrogen-bond donors (Lipinski definition) is 1. The highest BCUT2D eigenvalue weighted by atomic mass is 79.9. The maximum absolute atomic E-state index is 12.8. The van der Waals surface area contributed by atoms with Crippen LogP contribution in [0, 0.1) is 11.3 Å². The molecule has 1 N–H and O–H groups in total. The maximum Gasteiger partial charge on any atom is 0.344 e. The van der Waals surface area contributed by atoms with Crippen LogP contribution in [0.2, 0.25) is 0 Å². The van der Waals surface area contributed by atoms with Crippen LogP contribution in [0.5, 0.6) is 17.2 Å². The van der Waals surface area contributed by atoms with Crippen molar-refractivity contribution in [1.82, 2.24) is 0 Å². The van der Waals surface area contributed by atoms with Crippen molar-refractivity contribution in [2.45, 2.75) is 13.5 Å². The molecule has 9 heteroatoms. The van der Waals surface area contributed by atoms with Crippen LogP contribution in [0.25, 0.3) is 6.08 Å². The monoisotopic (exact) mass is 564 g/mol. The molecule has 3 aromatic carbocycles. The number of rotatable bonds is 11. The molecule has 0 radical (unpaired) electrons. The van der Waals surface area contributed by atoms with E-state index in [0.717, 1.165) is 5.56 Å². The SMILES string of the molecule is CCOC(=O)COc1cc(Br)c(/C=C(\C#N)C(=O)Nc2ccc(OCc3ccccc3)cc2)cc1OC. The minimum Gasteiger partial charge on any atom is -0.493 e. The molecule has 8 nitrogen and oxygen atoms in total. The first kappa shape index (κ1) is 27.3. The summed E-state index contributed by atoms with van der Waals surface area (Å²) in [5.74, 6) is 0.191. The van der Waals surface area contributed by atoms with Gasteiger partial charge in [0.15, 0.2) is 18.1 Å². The molecule has 0 aliphatic heterocycles. The number of hydrogen-bond acceptors (Lipinski definition) is 7. The van der Waals surface area contributed by atoms with Gasteiger partial charge in [0.05, 0.1) is 13.7 Å². The van der Waals surface area contributed by atoms with E-state index in [9.17, 15) is 14.9 Å². The van der Waals surface area contributed by atoms with Gasteiger partial charge in [0.2, 0.25) is 0 Å². The van der Waals surface area contributed by atoms with Crippen LogP contribution in [0.15, 0.2) is 76.8 Å². The van der Waals surface area contributed by atoms with Gasteiger partial charge in [-0.25, -0.2) is 4.79 Å². The zero-order chi connectivity index (χ0) is 26.6. The highest BCUT2D eigenvalue weighted by Crippen LogP contribution is 2.34. The Kier molecular flexibility index (Phi) is 10.1. The predicted molar refractivity (Wildman–Crippen MR) is 142 cm³/mol. The Bertz CT molecular complexity index is 1300. The fraction of sp³-hybridized carbons (Fsp3) is 0.179. The molecule has 0 bridgehead atoms. The van der Waals surface area contributed by atoms with Crippen molar-refractivity contribution in [3.8, 4) is 23.3 Å². The average molecular weight is 565 g/mol. The summed E-state index contributed by atoms with van der Waals surface area (Å²) in [7, 11) is 1.44. The van der Waals surface area contributed by atoms with Gasteiger partial charge in [-0.05, 0) is 60.5 Å². The largest absolute Gasteiger partial charge is 0.493 e. The molecule has 37 heavy (non-hydrogen) atoms. The lowest BCUT2D eigenvalue weighted by Gasteiger charge is -2.12. The first-order chi connectivity index (χ1) is 17.9. The quantitative estimate of drug-likeness (QED) is 0.185. The minimum atomic E-state index is -0.575.